The van der Waals surface area contributed by atoms with E-state index in [0.29, 0.717) is 41.7 Å². The SMILES string of the molecule is CCCC1CCC(CCC2CCC(c3cc4c(c(F)c3F)Oc3c(ccc(OCC)c3F)C4)CC2)OC1. The molecule has 3 aliphatic rings. The molecule has 37 heavy (non-hydrogen) atoms. The summed E-state index contributed by atoms with van der Waals surface area (Å²) in [7, 11) is 0. The fourth-order valence-electron chi connectivity index (χ4n) is 6.53. The van der Waals surface area contributed by atoms with Crippen molar-refractivity contribution in [3.8, 4) is 17.2 Å². The van der Waals surface area contributed by atoms with E-state index in [2.05, 4.69) is 6.92 Å². The molecule has 0 aromatic heterocycles. The Labute approximate surface area is 218 Å². The minimum Gasteiger partial charge on any atom is -0.491 e. The van der Waals surface area contributed by atoms with Crippen LogP contribution in [0.4, 0.5) is 13.2 Å². The Hall–Kier alpha value is -2.21. The maximum Gasteiger partial charge on any atom is 0.207 e. The van der Waals surface area contributed by atoms with Gasteiger partial charge in [0.15, 0.2) is 23.1 Å². The third-order valence-electron chi connectivity index (χ3n) is 8.64. The Morgan fingerprint density at radius 3 is 2.27 bits per heavy atom. The molecule has 2 heterocycles. The fraction of sp³-hybridized carbons (Fsp3) is 0.613. The molecule has 202 valence electrons. The molecule has 0 N–H and O–H groups in total. The van der Waals surface area contributed by atoms with E-state index >= 15 is 8.78 Å². The largest absolute Gasteiger partial charge is 0.491 e. The Balaban J connectivity index is 1.20. The number of hydrogen-bond acceptors (Lipinski definition) is 3. The lowest BCUT2D eigenvalue weighted by Crippen LogP contribution is -2.26. The lowest BCUT2D eigenvalue weighted by Gasteiger charge is -2.33. The van der Waals surface area contributed by atoms with Crippen molar-refractivity contribution in [2.75, 3.05) is 13.2 Å². The molecular formula is C31H39F3O3. The van der Waals surface area contributed by atoms with Crippen molar-refractivity contribution >= 4 is 0 Å². The van der Waals surface area contributed by atoms with Gasteiger partial charge >= 0.3 is 0 Å². The Kier molecular flexibility index (Phi) is 8.33. The van der Waals surface area contributed by atoms with E-state index in [-0.39, 0.29) is 23.2 Å². The summed E-state index contributed by atoms with van der Waals surface area (Å²) in [5, 5.41) is 0. The zero-order valence-corrected chi connectivity index (χ0v) is 22.1. The highest BCUT2D eigenvalue weighted by Crippen LogP contribution is 2.46. The van der Waals surface area contributed by atoms with Crippen LogP contribution in [0.25, 0.3) is 0 Å². The highest BCUT2D eigenvalue weighted by molar-refractivity contribution is 5.55. The summed E-state index contributed by atoms with van der Waals surface area (Å²) in [6, 6.07) is 5.05. The molecule has 2 fully saturated rings. The van der Waals surface area contributed by atoms with Gasteiger partial charge in [0.2, 0.25) is 11.6 Å². The molecule has 2 aromatic carbocycles. The summed E-state index contributed by atoms with van der Waals surface area (Å²) in [5.41, 5.74) is 1.62. The van der Waals surface area contributed by atoms with Gasteiger partial charge < -0.3 is 14.2 Å². The maximum absolute atomic E-state index is 15.2. The monoisotopic (exact) mass is 516 g/mol. The van der Waals surface area contributed by atoms with Gasteiger partial charge in [-0.05, 0) is 100 Å². The van der Waals surface area contributed by atoms with Gasteiger partial charge in [-0.15, -0.1) is 0 Å². The first kappa shape index (κ1) is 26.4. The predicted molar refractivity (Wildman–Crippen MR) is 138 cm³/mol. The quantitative estimate of drug-likeness (QED) is 0.299. The lowest BCUT2D eigenvalue weighted by molar-refractivity contribution is -0.0252. The molecular weight excluding hydrogens is 477 g/mol. The van der Waals surface area contributed by atoms with Crippen LogP contribution < -0.4 is 9.47 Å². The van der Waals surface area contributed by atoms with Crippen molar-refractivity contribution < 1.29 is 27.4 Å². The van der Waals surface area contributed by atoms with Gasteiger partial charge in [0.25, 0.3) is 0 Å². The number of halogens is 3. The first-order valence-corrected chi connectivity index (χ1v) is 14.2. The number of ether oxygens (including phenoxy) is 3. The molecule has 0 bridgehead atoms. The van der Waals surface area contributed by atoms with Gasteiger partial charge in [-0.2, -0.15) is 8.78 Å². The molecule has 0 radical (unpaired) electrons. The van der Waals surface area contributed by atoms with Crippen LogP contribution >= 0.6 is 0 Å². The average Bonchev–Trinajstić information content (AvgIpc) is 2.92. The highest BCUT2D eigenvalue weighted by atomic mass is 19.2. The van der Waals surface area contributed by atoms with Crippen LogP contribution in [0, 0.1) is 29.3 Å². The normalized spacial score (nSPS) is 25.2. The van der Waals surface area contributed by atoms with Gasteiger partial charge in [-0.1, -0.05) is 19.4 Å². The molecule has 1 saturated heterocycles. The van der Waals surface area contributed by atoms with Crippen molar-refractivity contribution in [1.29, 1.82) is 0 Å². The molecule has 1 saturated carbocycles. The molecule has 2 unspecified atom stereocenters. The Morgan fingerprint density at radius 1 is 0.811 bits per heavy atom. The number of hydrogen-bond donors (Lipinski definition) is 0. The summed E-state index contributed by atoms with van der Waals surface area (Å²) in [6.07, 6.45) is 11.6. The zero-order chi connectivity index (χ0) is 25.9. The van der Waals surface area contributed by atoms with Crippen LogP contribution in [0.2, 0.25) is 0 Å². The highest BCUT2D eigenvalue weighted by Gasteiger charge is 2.32. The van der Waals surface area contributed by atoms with Crippen LogP contribution in [0.1, 0.15) is 101 Å². The standard InChI is InChI=1S/C31H39F3O3/c1-3-5-20-9-14-24(36-18-20)13-8-19-6-10-21(11-7-19)25-17-23-16-22-12-15-26(35-4-2)28(33)30(22)37-31(23)29(34)27(25)32/h12,15,17,19-21,24H,3-11,13-14,16,18H2,1-2H3. The molecule has 1 aliphatic carbocycles. The third-order valence-corrected chi connectivity index (χ3v) is 8.64. The van der Waals surface area contributed by atoms with Crippen LogP contribution in [0.5, 0.6) is 17.2 Å². The first-order valence-electron chi connectivity index (χ1n) is 14.2. The second-order valence-corrected chi connectivity index (χ2v) is 11.1. The minimum absolute atomic E-state index is 0.00440. The van der Waals surface area contributed by atoms with Gasteiger partial charge in [0.05, 0.1) is 12.7 Å². The third kappa shape index (κ3) is 5.64. The second kappa shape index (κ2) is 11.7. The van der Waals surface area contributed by atoms with Crippen molar-refractivity contribution in [3.63, 3.8) is 0 Å². The summed E-state index contributed by atoms with van der Waals surface area (Å²) in [6.45, 7) is 5.20. The summed E-state index contributed by atoms with van der Waals surface area (Å²) >= 11 is 0. The van der Waals surface area contributed by atoms with Gasteiger partial charge in [0.1, 0.15) is 0 Å². The van der Waals surface area contributed by atoms with E-state index in [1.807, 2.05) is 0 Å². The molecule has 2 aliphatic heterocycles. The molecule has 5 rings (SSSR count). The van der Waals surface area contributed by atoms with E-state index in [0.717, 1.165) is 51.0 Å². The van der Waals surface area contributed by atoms with Crippen molar-refractivity contribution in [2.24, 2.45) is 11.8 Å². The molecule has 6 heteroatoms. The average molecular weight is 517 g/mol. The Morgan fingerprint density at radius 2 is 1.57 bits per heavy atom. The van der Waals surface area contributed by atoms with Crippen molar-refractivity contribution in [2.45, 2.75) is 96.5 Å². The van der Waals surface area contributed by atoms with Gasteiger partial charge in [0, 0.05) is 24.2 Å². The first-order chi connectivity index (χ1) is 18.0. The van der Waals surface area contributed by atoms with E-state index < -0.39 is 17.5 Å². The van der Waals surface area contributed by atoms with Crippen LogP contribution in [0.15, 0.2) is 18.2 Å². The van der Waals surface area contributed by atoms with Crippen molar-refractivity contribution in [1.82, 2.24) is 0 Å². The van der Waals surface area contributed by atoms with Crippen LogP contribution in [-0.2, 0) is 11.2 Å². The van der Waals surface area contributed by atoms with E-state index in [1.165, 1.54) is 25.7 Å². The van der Waals surface area contributed by atoms with E-state index in [4.69, 9.17) is 14.2 Å². The topological polar surface area (TPSA) is 27.7 Å². The lowest BCUT2D eigenvalue weighted by atomic mass is 9.76. The second-order valence-electron chi connectivity index (χ2n) is 11.1. The number of rotatable bonds is 8. The van der Waals surface area contributed by atoms with Gasteiger partial charge in [-0.25, -0.2) is 4.39 Å². The molecule has 2 atom stereocenters. The molecule has 0 amide bonds. The molecule has 3 nitrogen and oxygen atoms in total. The number of fused-ring (bicyclic) bond motifs is 2. The summed E-state index contributed by atoms with van der Waals surface area (Å²) in [5.74, 6) is -1.43. The van der Waals surface area contributed by atoms with Gasteiger partial charge in [-0.3, -0.25) is 0 Å². The van der Waals surface area contributed by atoms with Crippen LogP contribution in [-0.4, -0.2) is 19.3 Å². The molecule has 2 aromatic rings. The smallest absolute Gasteiger partial charge is 0.207 e. The number of benzene rings is 2. The maximum atomic E-state index is 15.2. The summed E-state index contributed by atoms with van der Waals surface area (Å²) < 4.78 is 62.3. The summed E-state index contributed by atoms with van der Waals surface area (Å²) in [4.78, 5) is 0. The minimum atomic E-state index is -1.02. The fourth-order valence-corrected chi connectivity index (χ4v) is 6.53. The Bertz CT molecular complexity index is 1090. The predicted octanol–water partition coefficient (Wildman–Crippen LogP) is 8.85. The molecule has 0 spiro atoms. The van der Waals surface area contributed by atoms with Crippen LogP contribution in [0.3, 0.4) is 0 Å². The van der Waals surface area contributed by atoms with E-state index in [1.54, 1.807) is 25.1 Å². The zero-order valence-electron chi connectivity index (χ0n) is 22.1. The van der Waals surface area contributed by atoms with Crippen molar-refractivity contribution in [3.05, 3.63) is 52.3 Å². The van der Waals surface area contributed by atoms with E-state index in [9.17, 15) is 4.39 Å².